The van der Waals surface area contributed by atoms with Gasteiger partial charge in [-0.15, -0.1) is 0 Å². The lowest BCUT2D eigenvalue weighted by Gasteiger charge is -2.08. The van der Waals surface area contributed by atoms with E-state index in [9.17, 15) is 4.79 Å². The molecule has 0 unspecified atom stereocenters. The average Bonchev–Trinajstić information content (AvgIpc) is 2.91. The molecule has 2 rings (SSSR count). The number of amides is 1. The summed E-state index contributed by atoms with van der Waals surface area (Å²) in [5.41, 5.74) is 1.03. The van der Waals surface area contributed by atoms with E-state index in [4.69, 9.17) is 32.4 Å². The molecule has 4 nitrogen and oxygen atoms in total. The largest absolute Gasteiger partial charge is 0.482 e. The van der Waals surface area contributed by atoms with Crippen LogP contribution in [0.2, 0.25) is 10.0 Å². The molecule has 2 aromatic rings. The molecule has 106 valence electrons. The summed E-state index contributed by atoms with van der Waals surface area (Å²) < 4.78 is 10.3. The SMILES string of the molecule is O=C(COc1ccc(Cl)cc1Cl)NCCc1ccoc1. The van der Waals surface area contributed by atoms with Gasteiger partial charge in [0.05, 0.1) is 17.5 Å². The summed E-state index contributed by atoms with van der Waals surface area (Å²) >= 11 is 11.7. The second-order valence-electron chi connectivity index (χ2n) is 4.09. The summed E-state index contributed by atoms with van der Waals surface area (Å²) in [4.78, 5) is 11.6. The van der Waals surface area contributed by atoms with Gasteiger partial charge < -0.3 is 14.5 Å². The zero-order chi connectivity index (χ0) is 14.4. The highest BCUT2D eigenvalue weighted by Gasteiger charge is 2.06. The lowest BCUT2D eigenvalue weighted by molar-refractivity contribution is -0.123. The van der Waals surface area contributed by atoms with Gasteiger partial charge in [0.1, 0.15) is 5.75 Å². The number of nitrogens with one attached hydrogen (secondary N) is 1. The van der Waals surface area contributed by atoms with Gasteiger partial charge in [-0.25, -0.2) is 0 Å². The molecule has 0 bridgehead atoms. The van der Waals surface area contributed by atoms with Crippen molar-refractivity contribution in [1.82, 2.24) is 5.32 Å². The summed E-state index contributed by atoms with van der Waals surface area (Å²) in [6.07, 6.45) is 3.96. The molecule has 1 N–H and O–H groups in total. The van der Waals surface area contributed by atoms with Gasteiger partial charge in [0.15, 0.2) is 6.61 Å². The topological polar surface area (TPSA) is 51.5 Å². The highest BCUT2D eigenvalue weighted by molar-refractivity contribution is 6.35. The molecule has 0 aliphatic rings. The van der Waals surface area contributed by atoms with Crippen molar-refractivity contribution in [3.63, 3.8) is 0 Å². The Morgan fingerprint density at radius 3 is 2.85 bits per heavy atom. The van der Waals surface area contributed by atoms with E-state index >= 15 is 0 Å². The Kier molecular flexibility index (Phi) is 5.32. The van der Waals surface area contributed by atoms with Gasteiger partial charge in [0.25, 0.3) is 5.91 Å². The van der Waals surface area contributed by atoms with Crippen molar-refractivity contribution < 1.29 is 13.9 Å². The highest BCUT2D eigenvalue weighted by atomic mass is 35.5. The number of carbonyl (C=O) groups excluding carboxylic acids is 1. The van der Waals surface area contributed by atoms with Gasteiger partial charge in [-0.1, -0.05) is 23.2 Å². The van der Waals surface area contributed by atoms with Crippen LogP contribution in [0.25, 0.3) is 0 Å². The molecule has 0 radical (unpaired) electrons. The minimum Gasteiger partial charge on any atom is -0.482 e. The predicted molar refractivity (Wildman–Crippen MR) is 77.4 cm³/mol. The first-order valence-corrected chi connectivity index (χ1v) is 6.76. The number of furan rings is 1. The Bertz CT molecular complexity index is 570. The molecule has 0 spiro atoms. The highest BCUT2D eigenvalue weighted by Crippen LogP contribution is 2.27. The van der Waals surface area contributed by atoms with Crippen molar-refractivity contribution in [2.75, 3.05) is 13.2 Å². The average molecular weight is 314 g/mol. The molecule has 0 fully saturated rings. The van der Waals surface area contributed by atoms with E-state index in [0.29, 0.717) is 28.8 Å². The summed E-state index contributed by atoms with van der Waals surface area (Å²) in [6, 6.07) is 6.70. The van der Waals surface area contributed by atoms with Crippen molar-refractivity contribution in [2.45, 2.75) is 6.42 Å². The summed E-state index contributed by atoms with van der Waals surface area (Å²) in [6.45, 7) is 0.433. The summed E-state index contributed by atoms with van der Waals surface area (Å²) in [7, 11) is 0. The van der Waals surface area contributed by atoms with Crippen LogP contribution in [0.15, 0.2) is 41.2 Å². The second-order valence-corrected chi connectivity index (χ2v) is 4.94. The number of benzene rings is 1. The van der Waals surface area contributed by atoms with Gasteiger partial charge in [-0.05, 0) is 36.2 Å². The predicted octanol–water partition coefficient (Wildman–Crippen LogP) is 3.32. The van der Waals surface area contributed by atoms with Crippen molar-refractivity contribution in [3.8, 4) is 5.75 Å². The van der Waals surface area contributed by atoms with Crippen LogP contribution in [0.3, 0.4) is 0 Å². The molecule has 0 atom stereocenters. The van der Waals surface area contributed by atoms with E-state index in [2.05, 4.69) is 5.32 Å². The molecular weight excluding hydrogens is 301 g/mol. The van der Waals surface area contributed by atoms with E-state index < -0.39 is 0 Å². The first-order valence-electron chi connectivity index (χ1n) is 6.01. The van der Waals surface area contributed by atoms with Crippen molar-refractivity contribution >= 4 is 29.1 Å². The quantitative estimate of drug-likeness (QED) is 0.890. The van der Waals surface area contributed by atoms with Crippen LogP contribution in [0.4, 0.5) is 0 Å². The molecule has 20 heavy (non-hydrogen) atoms. The van der Waals surface area contributed by atoms with Crippen molar-refractivity contribution in [1.29, 1.82) is 0 Å². The Labute approximate surface area is 126 Å². The van der Waals surface area contributed by atoms with E-state index in [1.54, 1.807) is 30.7 Å². The number of ether oxygens (including phenoxy) is 1. The van der Waals surface area contributed by atoms with Gasteiger partial charge in [-0.3, -0.25) is 4.79 Å². The van der Waals surface area contributed by atoms with Crippen LogP contribution in [-0.4, -0.2) is 19.1 Å². The van der Waals surface area contributed by atoms with Gasteiger partial charge in [-0.2, -0.15) is 0 Å². The van der Waals surface area contributed by atoms with E-state index in [-0.39, 0.29) is 12.5 Å². The maximum atomic E-state index is 11.6. The maximum Gasteiger partial charge on any atom is 0.257 e. The van der Waals surface area contributed by atoms with Crippen LogP contribution in [0.1, 0.15) is 5.56 Å². The van der Waals surface area contributed by atoms with Gasteiger partial charge in [0, 0.05) is 11.6 Å². The standard InChI is InChI=1S/C14H13Cl2NO3/c15-11-1-2-13(12(16)7-11)20-9-14(18)17-5-3-10-4-6-19-8-10/h1-2,4,6-8H,3,5,9H2,(H,17,18). The van der Waals surface area contributed by atoms with Crippen LogP contribution in [-0.2, 0) is 11.2 Å². The second kappa shape index (κ2) is 7.22. The number of rotatable bonds is 6. The number of hydrogen-bond acceptors (Lipinski definition) is 3. The monoisotopic (exact) mass is 313 g/mol. The lowest BCUT2D eigenvalue weighted by Crippen LogP contribution is -2.30. The molecule has 1 aromatic heterocycles. The van der Waals surface area contributed by atoms with E-state index in [0.717, 1.165) is 5.56 Å². The molecule has 6 heteroatoms. The smallest absolute Gasteiger partial charge is 0.257 e. The first kappa shape index (κ1) is 14.8. The third-order valence-electron chi connectivity index (χ3n) is 2.57. The number of halogens is 2. The summed E-state index contributed by atoms with van der Waals surface area (Å²) in [5, 5.41) is 3.65. The van der Waals surface area contributed by atoms with Gasteiger partial charge in [0.2, 0.25) is 0 Å². The van der Waals surface area contributed by atoms with Crippen molar-refractivity contribution in [2.24, 2.45) is 0 Å². The Balaban J connectivity index is 1.72. The molecule has 0 aliphatic heterocycles. The van der Waals surface area contributed by atoms with Crippen LogP contribution >= 0.6 is 23.2 Å². The molecule has 1 heterocycles. The van der Waals surface area contributed by atoms with E-state index in [1.165, 1.54) is 0 Å². The molecule has 0 aliphatic carbocycles. The first-order chi connectivity index (χ1) is 9.65. The van der Waals surface area contributed by atoms with Crippen molar-refractivity contribution in [3.05, 3.63) is 52.4 Å². The Hall–Kier alpha value is -1.65. The molecule has 1 amide bonds. The molecule has 0 saturated carbocycles. The fraction of sp³-hybridized carbons (Fsp3) is 0.214. The Morgan fingerprint density at radius 2 is 2.15 bits per heavy atom. The molecular formula is C14H13Cl2NO3. The van der Waals surface area contributed by atoms with Gasteiger partial charge >= 0.3 is 0 Å². The van der Waals surface area contributed by atoms with E-state index in [1.807, 2.05) is 6.07 Å². The summed E-state index contributed by atoms with van der Waals surface area (Å²) in [5.74, 6) is 0.223. The fourth-order valence-electron chi connectivity index (χ4n) is 1.57. The lowest BCUT2D eigenvalue weighted by atomic mass is 10.2. The van der Waals surface area contributed by atoms with Crippen LogP contribution < -0.4 is 10.1 Å². The molecule has 1 aromatic carbocycles. The Morgan fingerprint density at radius 1 is 1.30 bits per heavy atom. The zero-order valence-electron chi connectivity index (χ0n) is 10.6. The maximum absolute atomic E-state index is 11.6. The zero-order valence-corrected chi connectivity index (χ0v) is 12.1. The normalized spacial score (nSPS) is 10.3. The third-order valence-corrected chi connectivity index (χ3v) is 3.10. The third kappa shape index (κ3) is 4.47. The fourth-order valence-corrected chi connectivity index (χ4v) is 2.03. The van der Waals surface area contributed by atoms with Crippen LogP contribution in [0, 0.1) is 0 Å². The van der Waals surface area contributed by atoms with Crippen LogP contribution in [0.5, 0.6) is 5.75 Å². The number of carbonyl (C=O) groups is 1. The minimum absolute atomic E-state index is 0.0905. The number of hydrogen-bond donors (Lipinski definition) is 1. The molecule has 0 saturated heterocycles. The minimum atomic E-state index is -0.209.